The van der Waals surface area contributed by atoms with E-state index in [1.165, 1.54) is 32.1 Å². The number of aromatic nitrogens is 2. The number of hydrogen-bond acceptors (Lipinski definition) is 2. The molecule has 102 valence electrons. The third-order valence-electron chi connectivity index (χ3n) is 4.08. The number of aliphatic hydroxyl groups is 1. The zero-order valence-electron chi connectivity index (χ0n) is 11.7. The standard InChI is InChI=1S/C15H26N2O/c1-12(2)15(18)9-8-13-10-11-17(16-13)14-6-4-3-5-7-14/h10-12,14-15,18H,3-9H2,1-2H3. The zero-order valence-corrected chi connectivity index (χ0v) is 11.7. The van der Waals surface area contributed by atoms with Crippen LogP contribution in [0.3, 0.4) is 0 Å². The number of aliphatic hydroxyl groups excluding tert-OH is 1. The zero-order chi connectivity index (χ0) is 13.0. The van der Waals surface area contributed by atoms with Gasteiger partial charge in [0.05, 0.1) is 17.8 Å². The van der Waals surface area contributed by atoms with Crippen molar-refractivity contribution >= 4 is 0 Å². The van der Waals surface area contributed by atoms with E-state index in [4.69, 9.17) is 0 Å². The van der Waals surface area contributed by atoms with Crippen molar-refractivity contribution in [2.45, 2.75) is 70.9 Å². The number of hydrogen-bond donors (Lipinski definition) is 1. The summed E-state index contributed by atoms with van der Waals surface area (Å²) < 4.78 is 2.15. The largest absolute Gasteiger partial charge is 0.393 e. The van der Waals surface area contributed by atoms with Gasteiger partial charge in [-0.2, -0.15) is 5.10 Å². The molecule has 0 radical (unpaired) electrons. The summed E-state index contributed by atoms with van der Waals surface area (Å²) in [6.45, 7) is 4.12. The van der Waals surface area contributed by atoms with E-state index in [0.717, 1.165) is 18.5 Å². The van der Waals surface area contributed by atoms with E-state index in [-0.39, 0.29) is 6.10 Å². The molecule has 0 aromatic carbocycles. The molecule has 0 bridgehead atoms. The Balaban J connectivity index is 1.85. The highest BCUT2D eigenvalue weighted by molar-refractivity contribution is 5.00. The van der Waals surface area contributed by atoms with Crippen molar-refractivity contribution in [3.8, 4) is 0 Å². The summed E-state index contributed by atoms with van der Waals surface area (Å²) in [7, 11) is 0. The summed E-state index contributed by atoms with van der Waals surface area (Å²) in [6.07, 6.45) is 10.2. The third-order valence-corrected chi connectivity index (χ3v) is 4.08. The maximum atomic E-state index is 9.81. The molecular formula is C15H26N2O. The van der Waals surface area contributed by atoms with Gasteiger partial charge in [-0.15, -0.1) is 0 Å². The van der Waals surface area contributed by atoms with Gasteiger partial charge in [-0.3, -0.25) is 4.68 Å². The minimum absolute atomic E-state index is 0.204. The highest BCUT2D eigenvalue weighted by Crippen LogP contribution is 2.27. The molecule has 1 heterocycles. The van der Waals surface area contributed by atoms with E-state index >= 15 is 0 Å². The van der Waals surface area contributed by atoms with Crippen LogP contribution < -0.4 is 0 Å². The molecule has 3 nitrogen and oxygen atoms in total. The molecule has 18 heavy (non-hydrogen) atoms. The van der Waals surface area contributed by atoms with Gasteiger partial charge < -0.3 is 5.11 Å². The van der Waals surface area contributed by atoms with Crippen LogP contribution in [0.15, 0.2) is 12.3 Å². The van der Waals surface area contributed by atoms with Gasteiger partial charge in [0.25, 0.3) is 0 Å². The van der Waals surface area contributed by atoms with Gasteiger partial charge in [0, 0.05) is 6.20 Å². The summed E-state index contributed by atoms with van der Waals surface area (Å²) in [4.78, 5) is 0. The molecule has 1 fully saturated rings. The van der Waals surface area contributed by atoms with Crippen LogP contribution in [0.25, 0.3) is 0 Å². The van der Waals surface area contributed by atoms with Crippen LogP contribution in [0, 0.1) is 5.92 Å². The maximum Gasteiger partial charge on any atom is 0.0625 e. The first-order valence-corrected chi connectivity index (χ1v) is 7.39. The SMILES string of the molecule is CC(C)C(O)CCc1ccn(C2CCCCC2)n1. The summed E-state index contributed by atoms with van der Waals surface area (Å²) in [5.41, 5.74) is 1.13. The topological polar surface area (TPSA) is 38.0 Å². The van der Waals surface area contributed by atoms with Gasteiger partial charge in [0.1, 0.15) is 0 Å². The van der Waals surface area contributed by atoms with Gasteiger partial charge in [0.15, 0.2) is 0 Å². The molecule has 1 unspecified atom stereocenters. The molecule has 0 saturated heterocycles. The van der Waals surface area contributed by atoms with E-state index in [1.54, 1.807) is 0 Å². The lowest BCUT2D eigenvalue weighted by Crippen LogP contribution is -2.16. The maximum absolute atomic E-state index is 9.81. The number of aryl methyl sites for hydroxylation is 1. The molecule has 0 spiro atoms. The van der Waals surface area contributed by atoms with Crippen molar-refractivity contribution in [3.05, 3.63) is 18.0 Å². The van der Waals surface area contributed by atoms with Crippen LogP contribution in [-0.2, 0) is 6.42 Å². The predicted molar refractivity (Wildman–Crippen MR) is 73.5 cm³/mol. The molecule has 1 N–H and O–H groups in total. The van der Waals surface area contributed by atoms with Crippen molar-refractivity contribution in [1.82, 2.24) is 9.78 Å². The van der Waals surface area contributed by atoms with E-state index < -0.39 is 0 Å². The molecule has 3 heteroatoms. The Morgan fingerprint density at radius 1 is 1.33 bits per heavy atom. The number of rotatable bonds is 5. The summed E-state index contributed by atoms with van der Waals surface area (Å²) in [5, 5.41) is 14.5. The average molecular weight is 250 g/mol. The smallest absolute Gasteiger partial charge is 0.0625 e. The van der Waals surface area contributed by atoms with Crippen molar-refractivity contribution in [3.63, 3.8) is 0 Å². The van der Waals surface area contributed by atoms with Crippen LogP contribution in [0.1, 0.15) is 64.1 Å². The number of nitrogens with zero attached hydrogens (tertiary/aromatic N) is 2. The Kier molecular flexibility index (Phi) is 4.81. The lowest BCUT2D eigenvalue weighted by atomic mass is 9.96. The highest BCUT2D eigenvalue weighted by atomic mass is 16.3. The second-order valence-corrected chi connectivity index (χ2v) is 5.93. The van der Waals surface area contributed by atoms with Crippen molar-refractivity contribution < 1.29 is 5.11 Å². The Morgan fingerprint density at radius 3 is 2.72 bits per heavy atom. The Morgan fingerprint density at radius 2 is 2.06 bits per heavy atom. The Bertz CT molecular complexity index is 353. The molecule has 0 amide bonds. The first-order valence-electron chi connectivity index (χ1n) is 7.39. The molecule has 0 aliphatic heterocycles. The van der Waals surface area contributed by atoms with Crippen LogP contribution in [0.5, 0.6) is 0 Å². The quantitative estimate of drug-likeness (QED) is 0.870. The molecule has 1 aromatic rings. The second-order valence-electron chi connectivity index (χ2n) is 5.93. The Hall–Kier alpha value is -0.830. The summed E-state index contributed by atoms with van der Waals surface area (Å²) >= 11 is 0. The first kappa shape index (κ1) is 13.6. The van der Waals surface area contributed by atoms with Crippen LogP contribution in [-0.4, -0.2) is 21.0 Å². The van der Waals surface area contributed by atoms with E-state index in [9.17, 15) is 5.11 Å². The normalized spacial score (nSPS) is 19.3. The van der Waals surface area contributed by atoms with Gasteiger partial charge >= 0.3 is 0 Å². The van der Waals surface area contributed by atoms with Crippen LogP contribution in [0.4, 0.5) is 0 Å². The molecule has 1 aromatic heterocycles. The van der Waals surface area contributed by atoms with Crippen molar-refractivity contribution in [1.29, 1.82) is 0 Å². The van der Waals surface area contributed by atoms with Crippen LogP contribution in [0.2, 0.25) is 0 Å². The van der Waals surface area contributed by atoms with Gasteiger partial charge in [0.2, 0.25) is 0 Å². The molecule has 2 rings (SSSR count). The summed E-state index contributed by atoms with van der Waals surface area (Å²) in [5.74, 6) is 0.338. The van der Waals surface area contributed by atoms with Crippen molar-refractivity contribution in [2.24, 2.45) is 5.92 Å². The summed E-state index contributed by atoms with van der Waals surface area (Å²) in [6, 6.07) is 2.73. The van der Waals surface area contributed by atoms with E-state index in [0.29, 0.717) is 12.0 Å². The van der Waals surface area contributed by atoms with Gasteiger partial charge in [-0.25, -0.2) is 0 Å². The van der Waals surface area contributed by atoms with E-state index in [1.807, 2.05) is 0 Å². The fourth-order valence-electron chi connectivity index (χ4n) is 2.69. The predicted octanol–water partition coefficient (Wildman–Crippen LogP) is 3.34. The first-order chi connectivity index (χ1) is 8.66. The van der Waals surface area contributed by atoms with Crippen LogP contribution >= 0.6 is 0 Å². The monoisotopic (exact) mass is 250 g/mol. The minimum Gasteiger partial charge on any atom is -0.393 e. The molecule has 1 saturated carbocycles. The van der Waals surface area contributed by atoms with Crippen molar-refractivity contribution in [2.75, 3.05) is 0 Å². The second kappa shape index (κ2) is 6.37. The van der Waals surface area contributed by atoms with E-state index in [2.05, 4.69) is 35.9 Å². The lowest BCUT2D eigenvalue weighted by molar-refractivity contribution is 0.116. The fraction of sp³-hybridized carbons (Fsp3) is 0.800. The third kappa shape index (κ3) is 3.58. The molecular weight excluding hydrogens is 224 g/mol. The Labute approximate surface area is 110 Å². The van der Waals surface area contributed by atoms with Gasteiger partial charge in [-0.1, -0.05) is 33.1 Å². The van der Waals surface area contributed by atoms with Gasteiger partial charge in [-0.05, 0) is 37.7 Å². The fourth-order valence-corrected chi connectivity index (χ4v) is 2.69. The molecule has 1 atom stereocenters. The minimum atomic E-state index is -0.204. The lowest BCUT2D eigenvalue weighted by Gasteiger charge is -2.21. The average Bonchev–Trinajstić information content (AvgIpc) is 2.85. The molecule has 1 aliphatic rings. The molecule has 1 aliphatic carbocycles. The highest BCUT2D eigenvalue weighted by Gasteiger charge is 2.16.